The van der Waals surface area contributed by atoms with Crippen LogP contribution in [0.25, 0.3) is 0 Å². The molecule has 2 heteroatoms. The Bertz CT molecular complexity index is 203. The molecule has 0 saturated heterocycles. The zero-order valence-corrected chi connectivity index (χ0v) is 13.2. The number of hydrogen-bond acceptors (Lipinski definition) is 2. The third-order valence-corrected chi connectivity index (χ3v) is 3.36. The molecule has 0 fully saturated rings. The van der Waals surface area contributed by atoms with Crippen molar-refractivity contribution in [2.45, 2.75) is 79.9 Å². The highest BCUT2D eigenvalue weighted by molar-refractivity contribution is 4.92. The first-order valence-corrected chi connectivity index (χ1v) is 7.12. The van der Waals surface area contributed by atoms with Gasteiger partial charge in [-0.25, -0.2) is 0 Å². The topological polar surface area (TPSA) is 29.3 Å². The first-order valence-electron chi connectivity index (χ1n) is 7.12. The molecule has 2 N–H and O–H groups in total. The molecule has 0 aromatic heterocycles. The molecule has 0 spiro atoms. The van der Waals surface area contributed by atoms with Crippen molar-refractivity contribution in [3.8, 4) is 0 Å². The summed E-state index contributed by atoms with van der Waals surface area (Å²) in [6.07, 6.45) is 1.04. The molecule has 2 nitrogen and oxygen atoms in total. The highest BCUT2D eigenvalue weighted by atomic mass is 15.2. The lowest BCUT2D eigenvalue weighted by Crippen LogP contribution is -2.57. The van der Waals surface area contributed by atoms with Crippen LogP contribution in [-0.4, -0.2) is 29.6 Å². The van der Waals surface area contributed by atoms with Crippen molar-refractivity contribution >= 4 is 0 Å². The van der Waals surface area contributed by atoms with Crippen LogP contribution in [0.3, 0.4) is 0 Å². The van der Waals surface area contributed by atoms with Crippen LogP contribution in [0, 0.1) is 11.3 Å². The SMILES string of the molecule is CCC(N)C(N(CC(C)C)C(C)C)C(C)(C)C. The maximum atomic E-state index is 6.38. The van der Waals surface area contributed by atoms with E-state index < -0.39 is 0 Å². The van der Waals surface area contributed by atoms with Crippen molar-refractivity contribution in [2.24, 2.45) is 17.1 Å². The van der Waals surface area contributed by atoms with Crippen LogP contribution in [0.15, 0.2) is 0 Å². The predicted octanol–water partition coefficient (Wildman–Crippen LogP) is 3.50. The molecule has 0 aliphatic carbocycles. The fourth-order valence-electron chi connectivity index (χ4n) is 2.68. The van der Waals surface area contributed by atoms with Crippen molar-refractivity contribution in [2.75, 3.05) is 6.54 Å². The van der Waals surface area contributed by atoms with Gasteiger partial charge in [-0.3, -0.25) is 4.90 Å². The van der Waals surface area contributed by atoms with Crippen LogP contribution < -0.4 is 5.73 Å². The summed E-state index contributed by atoms with van der Waals surface area (Å²) in [4.78, 5) is 2.60. The Hall–Kier alpha value is -0.0800. The maximum Gasteiger partial charge on any atom is 0.0298 e. The summed E-state index contributed by atoms with van der Waals surface area (Å²) in [6.45, 7) is 19.4. The lowest BCUT2D eigenvalue weighted by Gasteiger charge is -2.46. The molecule has 0 amide bonds. The second-order valence-electron chi connectivity index (χ2n) is 7.07. The molecule has 2 unspecified atom stereocenters. The van der Waals surface area contributed by atoms with Gasteiger partial charge in [0.25, 0.3) is 0 Å². The smallest absolute Gasteiger partial charge is 0.0298 e. The third kappa shape index (κ3) is 5.39. The van der Waals surface area contributed by atoms with Gasteiger partial charge >= 0.3 is 0 Å². The van der Waals surface area contributed by atoms with E-state index >= 15 is 0 Å². The highest BCUT2D eigenvalue weighted by Crippen LogP contribution is 2.29. The van der Waals surface area contributed by atoms with Crippen molar-refractivity contribution in [3.05, 3.63) is 0 Å². The van der Waals surface area contributed by atoms with E-state index in [1.54, 1.807) is 0 Å². The molecule has 0 saturated carbocycles. The van der Waals surface area contributed by atoms with Gasteiger partial charge in [0.2, 0.25) is 0 Å². The molecule has 0 aliphatic rings. The van der Waals surface area contributed by atoms with E-state index in [2.05, 4.69) is 60.3 Å². The molecule has 0 aliphatic heterocycles. The molecule has 104 valence electrons. The Balaban J connectivity index is 5.08. The van der Waals surface area contributed by atoms with Crippen LogP contribution >= 0.6 is 0 Å². The minimum absolute atomic E-state index is 0.231. The molecule has 0 rings (SSSR count). The van der Waals surface area contributed by atoms with Gasteiger partial charge in [-0.05, 0) is 31.6 Å². The first-order chi connectivity index (χ1) is 7.61. The molecule has 0 radical (unpaired) electrons. The van der Waals surface area contributed by atoms with Gasteiger partial charge in [0.05, 0.1) is 0 Å². The molecule has 2 atom stereocenters. The van der Waals surface area contributed by atoms with Gasteiger partial charge < -0.3 is 5.73 Å². The van der Waals surface area contributed by atoms with Gasteiger partial charge in [-0.2, -0.15) is 0 Å². The molecule has 0 heterocycles. The Morgan fingerprint density at radius 3 is 1.76 bits per heavy atom. The summed E-state index contributed by atoms with van der Waals surface area (Å²) in [7, 11) is 0. The average molecular weight is 242 g/mol. The Labute approximate surface area is 109 Å². The summed E-state index contributed by atoms with van der Waals surface area (Å²) in [5.74, 6) is 0.686. The van der Waals surface area contributed by atoms with Gasteiger partial charge in [0, 0.05) is 24.7 Å². The van der Waals surface area contributed by atoms with Crippen LogP contribution in [0.5, 0.6) is 0 Å². The molecule has 0 aromatic carbocycles. The lowest BCUT2D eigenvalue weighted by molar-refractivity contribution is 0.0410. The van der Waals surface area contributed by atoms with E-state index in [0.717, 1.165) is 13.0 Å². The minimum Gasteiger partial charge on any atom is -0.326 e. The van der Waals surface area contributed by atoms with Crippen LogP contribution in [0.4, 0.5) is 0 Å². The second-order valence-corrected chi connectivity index (χ2v) is 7.07. The molecule has 17 heavy (non-hydrogen) atoms. The van der Waals surface area contributed by atoms with E-state index in [0.29, 0.717) is 18.0 Å². The average Bonchev–Trinajstić information content (AvgIpc) is 2.13. The largest absolute Gasteiger partial charge is 0.326 e. The van der Waals surface area contributed by atoms with E-state index in [-0.39, 0.29) is 11.5 Å². The van der Waals surface area contributed by atoms with Crippen LogP contribution in [0.2, 0.25) is 0 Å². The number of nitrogens with two attached hydrogens (primary N) is 1. The lowest BCUT2D eigenvalue weighted by atomic mass is 9.79. The van der Waals surface area contributed by atoms with Gasteiger partial charge in [-0.1, -0.05) is 41.5 Å². The number of hydrogen-bond donors (Lipinski definition) is 1. The zero-order valence-electron chi connectivity index (χ0n) is 13.2. The van der Waals surface area contributed by atoms with E-state index in [4.69, 9.17) is 5.73 Å². The highest BCUT2D eigenvalue weighted by Gasteiger charge is 2.35. The summed E-state index contributed by atoms with van der Waals surface area (Å²) < 4.78 is 0. The fraction of sp³-hybridized carbons (Fsp3) is 1.00. The van der Waals surface area contributed by atoms with Crippen LogP contribution in [0.1, 0.15) is 61.8 Å². The number of nitrogens with zero attached hydrogens (tertiary/aromatic N) is 1. The van der Waals surface area contributed by atoms with Crippen molar-refractivity contribution in [1.29, 1.82) is 0 Å². The quantitative estimate of drug-likeness (QED) is 0.772. The van der Waals surface area contributed by atoms with Crippen molar-refractivity contribution in [1.82, 2.24) is 4.90 Å². The maximum absolute atomic E-state index is 6.38. The number of rotatable bonds is 6. The van der Waals surface area contributed by atoms with E-state index in [9.17, 15) is 0 Å². The monoisotopic (exact) mass is 242 g/mol. The second kappa shape index (κ2) is 6.75. The molecular weight excluding hydrogens is 208 g/mol. The van der Waals surface area contributed by atoms with Crippen molar-refractivity contribution in [3.63, 3.8) is 0 Å². The van der Waals surface area contributed by atoms with Gasteiger partial charge in [0.1, 0.15) is 0 Å². The Morgan fingerprint density at radius 2 is 1.53 bits per heavy atom. The predicted molar refractivity (Wildman–Crippen MR) is 78.2 cm³/mol. The Kier molecular flexibility index (Phi) is 6.71. The Morgan fingerprint density at radius 1 is 1.06 bits per heavy atom. The van der Waals surface area contributed by atoms with Crippen molar-refractivity contribution < 1.29 is 0 Å². The standard InChI is InChI=1S/C15H34N2/c1-9-13(16)14(15(6,7)8)17(12(4)5)10-11(2)3/h11-14H,9-10,16H2,1-8H3. The van der Waals surface area contributed by atoms with E-state index in [1.165, 1.54) is 0 Å². The fourth-order valence-corrected chi connectivity index (χ4v) is 2.68. The molecular formula is C15H34N2. The van der Waals surface area contributed by atoms with Gasteiger partial charge in [0.15, 0.2) is 0 Å². The van der Waals surface area contributed by atoms with Crippen LogP contribution in [-0.2, 0) is 0 Å². The normalized spacial score (nSPS) is 16.9. The molecule has 0 aromatic rings. The third-order valence-electron chi connectivity index (χ3n) is 3.36. The first kappa shape index (κ1) is 16.9. The summed E-state index contributed by atoms with van der Waals surface area (Å²) in [5, 5.41) is 0. The van der Waals surface area contributed by atoms with Gasteiger partial charge in [-0.15, -0.1) is 0 Å². The zero-order chi connectivity index (χ0) is 13.8. The summed E-state index contributed by atoms with van der Waals surface area (Å²) >= 11 is 0. The minimum atomic E-state index is 0.231. The summed E-state index contributed by atoms with van der Waals surface area (Å²) in [5.41, 5.74) is 6.61. The molecule has 0 bridgehead atoms. The van der Waals surface area contributed by atoms with E-state index in [1.807, 2.05) is 0 Å². The summed E-state index contributed by atoms with van der Waals surface area (Å²) in [6, 6.07) is 1.27.